The second-order valence-corrected chi connectivity index (χ2v) is 4.42. The first-order chi connectivity index (χ1) is 8.68. The number of carbonyl (C=O) groups excluding carboxylic acids is 1. The van der Waals surface area contributed by atoms with Gasteiger partial charge >= 0.3 is 0 Å². The van der Waals surface area contributed by atoms with Gasteiger partial charge in [0, 0.05) is 19.1 Å². The van der Waals surface area contributed by atoms with Crippen LogP contribution in [0.2, 0.25) is 5.02 Å². The normalized spacial score (nSPS) is 19.6. The van der Waals surface area contributed by atoms with Crippen LogP contribution in [0, 0.1) is 5.82 Å². The fourth-order valence-electron chi connectivity index (χ4n) is 1.74. The Balaban J connectivity index is 1.93. The van der Waals surface area contributed by atoms with E-state index in [9.17, 15) is 9.18 Å². The molecule has 4 nitrogen and oxygen atoms in total. The number of amides is 1. The summed E-state index contributed by atoms with van der Waals surface area (Å²) >= 11 is 5.73. The quantitative estimate of drug-likeness (QED) is 0.869. The summed E-state index contributed by atoms with van der Waals surface area (Å²) in [5, 5.41) is 5.76. The lowest BCUT2D eigenvalue weighted by atomic mass is 10.2. The molecule has 0 saturated carbocycles. The smallest absolute Gasteiger partial charge is 0.252 e. The third-order valence-electron chi connectivity index (χ3n) is 2.70. The van der Waals surface area contributed by atoms with Crippen LogP contribution in [0.15, 0.2) is 18.2 Å². The second-order valence-electron chi connectivity index (χ2n) is 4.04. The van der Waals surface area contributed by atoms with E-state index in [1.54, 1.807) is 0 Å². The number of hydrogen-bond acceptors (Lipinski definition) is 3. The predicted molar refractivity (Wildman–Crippen MR) is 66.4 cm³/mol. The molecule has 18 heavy (non-hydrogen) atoms. The number of hydrogen-bond donors (Lipinski definition) is 2. The van der Waals surface area contributed by atoms with Crippen molar-refractivity contribution in [3.05, 3.63) is 34.6 Å². The molecule has 1 heterocycles. The monoisotopic (exact) mass is 272 g/mol. The molecule has 2 N–H and O–H groups in total. The summed E-state index contributed by atoms with van der Waals surface area (Å²) in [5.41, 5.74) is 0.147. The van der Waals surface area contributed by atoms with E-state index in [4.69, 9.17) is 16.3 Å². The third-order valence-corrected chi connectivity index (χ3v) is 3.09. The molecule has 1 unspecified atom stereocenters. The van der Waals surface area contributed by atoms with E-state index in [0.717, 1.165) is 6.54 Å². The molecule has 0 bridgehead atoms. The van der Waals surface area contributed by atoms with Gasteiger partial charge in [0.15, 0.2) is 0 Å². The number of halogens is 2. The van der Waals surface area contributed by atoms with E-state index < -0.39 is 5.82 Å². The maximum atomic E-state index is 13.2. The third kappa shape index (κ3) is 3.19. The van der Waals surface area contributed by atoms with Crippen LogP contribution in [-0.4, -0.2) is 38.3 Å². The lowest BCUT2D eigenvalue weighted by Gasteiger charge is -2.24. The van der Waals surface area contributed by atoms with Crippen molar-refractivity contribution in [2.45, 2.75) is 6.04 Å². The van der Waals surface area contributed by atoms with Crippen LogP contribution in [0.5, 0.6) is 0 Å². The minimum absolute atomic E-state index is 0.0787. The summed E-state index contributed by atoms with van der Waals surface area (Å²) < 4.78 is 18.5. The van der Waals surface area contributed by atoms with Gasteiger partial charge in [-0.05, 0) is 12.1 Å². The number of ether oxygens (including phenoxy) is 1. The maximum Gasteiger partial charge on any atom is 0.252 e. The van der Waals surface area contributed by atoms with E-state index in [1.165, 1.54) is 18.2 Å². The molecule has 1 saturated heterocycles. The predicted octanol–water partition coefficient (Wildman–Crippen LogP) is 1.20. The van der Waals surface area contributed by atoms with Gasteiger partial charge in [0.25, 0.3) is 5.91 Å². The number of carbonyl (C=O) groups is 1. The van der Waals surface area contributed by atoms with Crippen molar-refractivity contribution in [3.63, 3.8) is 0 Å². The summed E-state index contributed by atoms with van der Waals surface area (Å²) in [7, 11) is 0. The zero-order valence-electron chi connectivity index (χ0n) is 9.71. The van der Waals surface area contributed by atoms with Crippen molar-refractivity contribution in [1.29, 1.82) is 0 Å². The Bertz CT molecular complexity index is 436. The topological polar surface area (TPSA) is 50.4 Å². The fourth-order valence-corrected chi connectivity index (χ4v) is 1.95. The SMILES string of the molecule is O=C(NCC1COCCN1)c1cccc(F)c1Cl. The van der Waals surface area contributed by atoms with E-state index in [2.05, 4.69) is 10.6 Å². The second kappa shape index (κ2) is 6.13. The van der Waals surface area contributed by atoms with Crippen LogP contribution in [0.3, 0.4) is 0 Å². The Morgan fingerprint density at radius 1 is 1.61 bits per heavy atom. The lowest BCUT2D eigenvalue weighted by molar-refractivity contribution is 0.0734. The fraction of sp³-hybridized carbons (Fsp3) is 0.417. The first kappa shape index (κ1) is 13.3. The molecule has 0 spiro atoms. The first-order valence-electron chi connectivity index (χ1n) is 5.72. The van der Waals surface area contributed by atoms with Gasteiger partial charge in [0.1, 0.15) is 5.82 Å². The Morgan fingerprint density at radius 2 is 2.44 bits per heavy atom. The molecular weight excluding hydrogens is 259 g/mol. The van der Waals surface area contributed by atoms with Gasteiger partial charge in [-0.3, -0.25) is 4.79 Å². The van der Waals surface area contributed by atoms with E-state index in [0.29, 0.717) is 19.8 Å². The van der Waals surface area contributed by atoms with E-state index in [1.807, 2.05) is 0 Å². The highest BCUT2D eigenvalue weighted by Crippen LogP contribution is 2.19. The summed E-state index contributed by atoms with van der Waals surface area (Å²) in [5.74, 6) is -0.977. The van der Waals surface area contributed by atoms with Crippen molar-refractivity contribution in [2.24, 2.45) is 0 Å². The lowest BCUT2D eigenvalue weighted by Crippen LogP contribution is -2.48. The van der Waals surface area contributed by atoms with Crippen LogP contribution in [-0.2, 0) is 4.74 Å². The van der Waals surface area contributed by atoms with Gasteiger partial charge in [-0.1, -0.05) is 17.7 Å². The molecule has 0 aliphatic carbocycles. The van der Waals surface area contributed by atoms with Gasteiger partial charge in [-0.15, -0.1) is 0 Å². The zero-order chi connectivity index (χ0) is 13.0. The summed E-state index contributed by atoms with van der Waals surface area (Å²) in [6, 6.07) is 4.24. The van der Waals surface area contributed by atoms with Crippen molar-refractivity contribution in [2.75, 3.05) is 26.3 Å². The molecule has 6 heteroatoms. The zero-order valence-corrected chi connectivity index (χ0v) is 10.5. The molecular formula is C12H14ClFN2O2. The molecule has 1 aliphatic rings. The van der Waals surface area contributed by atoms with Gasteiger partial charge in [-0.2, -0.15) is 0 Å². The average molecular weight is 273 g/mol. The molecule has 2 rings (SSSR count). The standard InChI is InChI=1S/C12H14ClFN2O2/c13-11-9(2-1-3-10(11)14)12(17)16-6-8-7-18-5-4-15-8/h1-3,8,15H,4-7H2,(H,16,17). The average Bonchev–Trinajstić information content (AvgIpc) is 2.40. The summed E-state index contributed by atoms with van der Waals surface area (Å²) in [6.07, 6.45) is 0. The molecule has 1 aromatic rings. The molecule has 98 valence electrons. The van der Waals surface area contributed by atoms with Gasteiger partial charge in [0.05, 0.1) is 23.8 Å². The minimum Gasteiger partial charge on any atom is -0.378 e. The van der Waals surface area contributed by atoms with E-state index >= 15 is 0 Å². The van der Waals surface area contributed by atoms with Crippen molar-refractivity contribution < 1.29 is 13.9 Å². The van der Waals surface area contributed by atoms with Gasteiger partial charge in [0.2, 0.25) is 0 Å². The number of nitrogens with one attached hydrogen (secondary N) is 2. The maximum absolute atomic E-state index is 13.2. The Hall–Kier alpha value is -1.17. The van der Waals surface area contributed by atoms with Crippen molar-refractivity contribution >= 4 is 17.5 Å². The number of benzene rings is 1. The van der Waals surface area contributed by atoms with Crippen LogP contribution in [0.4, 0.5) is 4.39 Å². The molecule has 1 aromatic carbocycles. The Kier molecular flexibility index (Phi) is 4.52. The molecule has 0 aromatic heterocycles. The molecule has 0 radical (unpaired) electrons. The number of rotatable bonds is 3. The van der Waals surface area contributed by atoms with Crippen LogP contribution >= 0.6 is 11.6 Å². The molecule has 1 amide bonds. The summed E-state index contributed by atoms with van der Waals surface area (Å²) in [4.78, 5) is 11.8. The number of morpholine rings is 1. The van der Waals surface area contributed by atoms with Crippen LogP contribution < -0.4 is 10.6 Å². The van der Waals surface area contributed by atoms with Crippen molar-refractivity contribution in [3.8, 4) is 0 Å². The molecule has 1 atom stereocenters. The highest BCUT2D eigenvalue weighted by Gasteiger charge is 2.17. The molecule has 1 aliphatic heterocycles. The van der Waals surface area contributed by atoms with Crippen molar-refractivity contribution in [1.82, 2.24) is 10.6 Å². The largest absolute Gasteiger partial charge is 0.378 e. The summed E-state index contributed by atoms with van der Waals surface area (Å²) in [6.45, 7) is 2.42. The van der Waals surface area contributed by atoms with Gasteiger partial charge < -0.3 is 15.4 Å². The minimum atomic E-state index is -0.594. The highest BCUT2D eigenvalue weighted by molar-refractivity contribution is 6.34. The van der Waals surface area contributed by atoms with Crippen LogP contribution in [0.25, 0.3) is 0 Å². The Labute approximate surface area is 109 Å². The van der Waals surface area contributed by atoms with Crippen LogP contribution in [0.1, 0.15) is 10.4 Å². The molecule has 1 fully saturated rings. The van der Waals surface area contributed by atoms with Gasteiger partial charge in [-0.25, -0.2) is 4.39 Å². The first-order valence-corrected chi connectivity index (χ1v) is 6.09. The van der Waals surface area contributed by atoms with E-state index in [-0.39, 0.29) is 22.5 Å². The highest BCUT2D eigenvalue weighted by atomic mass is 35.5. The Morgan fingerprint density at radius 3 is 3.17 bits per heavy atom.